The second-order valence-corrected chi connectivity index (χ2v) is 6.88. The van der Waals surface area contributed by atoms with Crippen LogP contribution in [0.2, 0.25) is 0 Å². The number of rotatable bonds is 9. The maximum absolute atomic E-state index is 11.6. The first-order valence-corrected chi connectivity index (χ1v) is 8.82. The van der Waals surface area contributed by atoms with Crippen LogP contribution >= 0.6 is 0 Å². The van der Waals surface area contributed by atoms with E-state index in [1.54, 1.807) is 13.8 Å². The minimum absolute atomic E-state index is 0.0550. The molecule has 0 aliphatic rings. The molecule has 1 amide bonds. The molecule has 0 rings (SSSR count). The van der Waals surface area contributed by atoms with E-state index in [0.717, 1.165) is 6.42 Å². The third-order valence-corrected chi connectivity index (χ3v) is 3.66. The molecule has 7 nitrogen and oxygen atoms in total. The van der Waals surface area contributed by atoms with Crippen molar-refractivity contribution in [3.63, 3.8) is 0 Å². The highest BCUT2D eigenvalue weighted by atomic mass is 16.6. The number of esters is 2. The van der Waals surface area contributed by atoms with Crippen molar-refractivity contribution in [1.82, 2.24) is 5.32 Å². The van der Waals surface area contributed by atoms with Gasteiger partial charge >= 0.3 is 11.9 Å². The predicted molar refractivity (Wildman–Crippen MR) is 100 cm³/mol. The van der Waals surface area contributed by atoms with Gasteiger partial charge in [0, 0.05) is 18.5 Å². The van der Waals surface area contributed by atoms with Crippen molar-refractivity contribution in [2.24, 2.45) is 5.41 Å². The fourth-order valence-electron chi connectivity index (χ4n) is 1.30. The minimum Gasteiger partial charge on any atom is -0.462 e. The average Bonchev–Trinajstić information content (AvgIpc) is 2.56. The van der Waals surface area contributed by atoms with E-state index in [1.807, 2.05) is 20.8 Å². The third kappa shape index (κ3) is 13.4. The smallest absolute Gasteiger partial charge is 0.333 e. The molecule has 7 heteroatoms. The molecule has 0 aromatic rings. The van der Waals surface area contributed by atoms with E-state index in [9.17, 15) is 19.5 Å². The summed E-state index contributed by atoms with van der Waals surface area (Å²) in [7, 11) is 0. The van der Waals surface area contributed by atoms with E-state index in [-0.39, 0.29) is 30.7 Å². The Labute approximate surface area is 157 Å². The molecule has 2 unspecified atom stereocenters. The SMILES string of the molecule is C=C(C)C(=O)OCC(O)COC(=O)C(C)(C)CC.CCC(C)NC(C)=O. The number of amides is 1. The normalized spacial score (nSPS) is 12.8. The van der Waals surface area contributed by atoms with Crippen LogP contribution in [0.4, 0.5) is 0 Å². The van der Waals surface area contributed by atoms with Gasteiger partial charge in [0.1, 0.15) is 19.3 Å². The van der Waals surface area contributed by atoms with Gasteiger partial charge in [-0.1, -0.05) is 20.4 Å². The van der Waals surface area contributed by atoms with Gasteiger partial charge in [0.2, 0.25) is 5.91 Å². The minimum atomic E-state index is -1.02. The zero-order chi connectivity index (χ0) is 20.9. The van der Waals surface area contributed by atoms with Crippen molar-refractivity contribution < 1.29 is 29.0 Å². The fraction of sp³-hybridized carbons (Fsp3) is 0.737. The Morgan fingerprint density at radius 2 is 1.62 bits per heavy atom. The van der Waals surface area contributed by atoms with Crippen LogP contribution in [0.3, 0.4) is 0 Å². The number of nitrogens with one attached hydrogen (secondary N) is 1. The van der Waals surface area contributed by atoms with Crippen molar-refractivity contribution in [3.05, 3.63) is 12.2 Å². The molecular weight excluding hydrogens is 338 g/mol. The monoisotopic (exact) mass is 373 g/mol. The van der Waals surface area contributed by atoms with Gasteiger partial charge in [0.15, 0.2) is 0 Å². The molecule has 0 saturated heterocycles. The van der Waals surface area contributed by atoms with Crippen LogP contribution < -0.4 is 5.32 Å². The van der Waals surface area contributed by atoms with Gasteiger partial charge in [-0.15, -0.1) is 0 Å². The Balaban J connectivity index is 0. The van der Waals surface area contributed by atoms with Gasteiger partial charge in [0.25, 0.3) is 0 Å². The van der Waals surface area contributed by atoms with Crippen molar-refractivity contribution in [1.29, 1.82) is 0 Å². The Morgan fingerprint density at radius 3 is 1.96 bits per heavy atom. The molecule has 0 radical (unpaired) electrons. The number of carbonyl (C=O) groups excluding carboxylic acids is 3. The molecule has 152 valence electrons. The molecule has 0 aliphatic heterocycles. The summed E-state index contributed by atoms with van der Waals surface area (Å²) in [6.07, 6.45) is 0.622. The molecule has 0 bridgehead atoms. The summed E-state index contributed by atoms with van der Waals surface area (Å²) in [4.78, 5) is 32.9. The molecule has 2 N–H and O–H groups in total. The lowest BCUT2D eigenvalue weighted by molar-refractivity contribution is -0.159. The fourth-order valence-corrected chi connectivity index (χ4v) is 1.30. The van der Waals surface area contributed by atoms with Crippen molar-refractivity contribution >= 4 is 17.8 Å². The van der Waals surface area contributed by atoms with Crippen LogP contribution in [0.1, 0.15) is 61.3 Å². The number of aliphatic hydroxyl groups excluding tert-OH is 1. The van der Waals surface area contributed by atoms with Crippen molar-refractivity contribution in [3.8, 4) is 0 Å². The van der Waals surface area contributed by atoms with Crippen LogP contribution in [-0.2, 0) is 23.9 Å². The lowest BCUT2D eigenvalue weighted by Gasteiger charge is -2.21. The second-order valence-electron chi connectivity index (χ2n) is 6.88. The first-order chi connectivity index (χ1) is 11.9. The van der Waals surface area contributed by atoms with Gasteiger partial charge in [-0.05, 0) is 40.5 Å². The summed E-state index contributed by atoms with van der Waals surface area (Å²) in [6.45, 7) is 15.5. The van der Waals surface area contributed by atoms with E-state index >= 15 is 0 Å². The van der Waals surface area contributed by atoms with Crippen LogP contribution in [0.15, 0.2) is 12.2 Å². The first kappa shape index (κ1) is 26.3. The van der Waals surface area contributed by atoms with Gasteiger partial charge < -0.3 is 19.9 Å². The summed E-state index contributed by atoms with van der Waals surface area (Å²) < 4.78 is 9.68. The molecule has 0 heterocycles. The number of carbonyl (C=O) groups is 3. The molecule has 2 atom stereocenters. The number of hydrogen-bond acceptors (Lipinski definition) is 6. The molecule has 0 saturated carbocycles. The van der Waals surface area contributed by atoms with E-state index < -0.39 is 17.5 Å². The van der Waals surface area contributed by atoms with Gasteiger partial charge in [-0.2, -0.15) is 0 Å². The number of hydrogen-bond donors (Lipinski definition) is 2. The van der Waals surface area contributed by atoms with Crippen LogP contribution in [0.5, 0.6) is 0 Å². The second kappa shape index (κ2) is 13.3. The van der Waals surface area contributed by atoms with Gasteiger partial charge in [0.05, 0.1) is 5.41 Å². The van der Waals surface area contributed by atoms with Crippen LogP contribution in [0, 0.1) is 5.41 Å². The molecule has 0 fully saturated rings. The maximum Gasteiger partial charge on any atom is 0.333 e. The predicted octanol–water partition coefficient (Wildman–Crippen LogP) is 2.37. The molecule has 0 aliphatic carbocycles. The highest BCUT2D eigenvalue weighted by Gasteiger charge is 2.27. The maximum atomic E-state index is 11.6. The summed E-state index contributed by atoms with van der Waals surface area (Å²) in [6, 6.07) is 0.326. The average molecular weight is 373 g/mol. The van der Waals surface area contributed by atoms with Gasteiger partial charge in [-0.3, -0.25) is 9.59 Å². The van der Waals surface area contributed by atoms with E-state index in [2.05, 4.69) is 11.9 Å². The third-order valence-electron chi connectivity index (χ3n) is 3.66. The quantitative estimate of drug-likeness (QED) is 0.475. The zero-order valence-corrected chi connectivity index (χ0v) is 17.2. The summed E-state index contributed by atoms with van der Waals surface area (Å²) in [5.74, 6) is -0.899. The molecule has 0 aromatic carbocycles. The lowest BCUT2D eigenvalue weighted by atomic mass is 9.91. The standard InChI is InChI=1S/C13H22O5.C6H13NO/c1-6-13(4,5)12(16)18-8-10(14)7-17-11(15)9(2)3;1-4-5(2)7-6(3)8/h10,14H,2,6-8H2,1,3-5H3;5H,4H2,1-3H3,(H,7,8). The van der Waals surface area contributed by atoms with Crippen molar-refractivity contribution in [2.45, 2.75) is 73.5 Å². The lowest BCUT2D eigenvalue weighted by Crippen LogP contribution is -2.31. The van der Waals surface area contributed by atoms with E-state index in [1.165, 1.54) is 13.8 Å². The summed E-state index contributed by atoms with van der Waals surface area (Å²) >= 11 is 0. The van der Waals surface area contributed by atoms with E-state index in [0.29, 0.717) is 12.5 Å². The first-order valence-electron chi connectivity index (χ1n) is 8.82. The topological polar surface area (TPSA) is 102 Å². The largest absolute Gasteiger partial charge is 0.462 e. The summed E-state index contributed by atoms with van der Waals surface area (Å²) in [5, 5.41) is 12.2. The van der Waals surface area contributed by atoms with Crippen molar-refractivity contribution in [2.75, 3.05) is 13.2 Å². The Morgan fingerprint density at radius 1 is 1.12 bits per heavy atom. The van der Waals surface area contributed by atoms with Crippen LogP contribution in [0.25, 0.3) is 0 Å². The zero-order valence-electron chi connectivity index (χ0n) is 17.2. The summed E-state index contributed by atoms with van der Waals surface area (Å²) in [5.41, 5.74) is -0.319. The Kier molecular flexibility index (Phi) is 13.5. The highest BCUT2D eigenvalue weighted by molar-refractivity contribution is 5.86. The Bertz CT molecular complexity index is 473. The number of aliphatic hydroxyl groups is 1. The van der Waals surface area contributed by atoms with Crippen LogP contribution in [-0.4, -0.2) is 48.3 Å². The highest BCUT2D eigenvalue weighted by Crippen LogP contribution is 2.21. The van der Waals surface area contributed by atoms with Gasteiger partial charge in [-0.25, -0.2) is 4.79 Å². The number of ether oxygens (including phenoxy) is 2. The molecular formula is C19H35NO6. The molecule has 26 heavy (non-hydrogen) atoms. The van der Waals surface area contributed by atoms with E-state index in [4.69, 9.17) is 9.47 Å². The molecule has 0 aromatic heterocycles. The molecule has 0 spiro atoms. The Hall–Kier alpha value is -1.89.